The number of hydrogen-bond acceptors (Lipinski definition) is 6. The normalized spacial score (nSPS) is 11.0. The van der Waals surface area contributed by atoms with Crippen LogP contribution in [0.4, 0.5) is 11.7 Å². The Labute approximate surface area is 197 Å². The number of benzene rings is 3. The molecule has 0 saturated heterocycles. The van der Waals surface area contributed by atoms with Gasteiger partial charge in [0.25, 0.3) is 5.89 Å². The summed E-state index contributed by atoms with van der Waals surface area (Å²) >= 11 is 0. The average Bonchev–Trinajstić information content (AvgIpc) is 3.39. The van der Waals surface area contributed by atoms with E-state index in [1.807, 2.05) is 55.5 Å². The van der Waals surface area contributed by atoms with Crippen molar-refractivity contribution in [1.29, 1.82) is 0 Å². The lowest BCUT2D eigenvalue weighted by molar-refractivity contribution is 0.101. The first-order valence-electron chi connectivity index (χ1n) is 11.0. The van der Waals surface area contributed by atoms with E-state index in [2.05, 4.69) is 51.3 Å². The van der Waals surface area contributed by atoms with E-state index in [4.69, 9.17) is 9.15 Å². The number of aryl methyl sites for hydroxylation is 1. The molecule has 0 aliphatic rings. The van der Waals surface area contributed by atoms with E-state index in [-0.39, 0.29) is 12.4 Å². The fraction of sp³-hybridized carbons (Fsp3) is 0.148. The number of carbonyl (C=O) groups is 1. The molecule has 7 nitrogen and oxygen atoms in total. The molecule has 2 heterocycles. The van der Waals surface area contributed by atoms with Gasteiger partial charge in [-0.05, 0) is 63.2 Å². The summed E-state index contributed by atoms with van der Waals surface area (Å²) in [7, 11) is 0. The van der Waals surface area contributed by atoms with Crippen LogP contribution >= 0.6 is 0 Å². The maximum Gasteiger partial charge on any atom is 0.320 e. The zero-order valence-corrected chi connectivity index (χ0v) is 19.2. The number of para-hydroxylation sites is 1. The molecule has 5 rings (SSSR count). The number of ketones is 1. The number of ether oxygens (including phenoxy) is 1. The van der Waals surface area contributed by atoms with Gasteiger partial charge in [0.1, 0.15) is 5.75 Å². The van der Waals surface area contributed by atoms with Gasteiger partial charge in [-0.3, -0.25) is 4.79 Å². The molecule has 7 heteroatoms. The number of fused-ring (bicyclic) bond motifs is 1. The van der Waals surface area contributed by atoms with Gasteiger partial charge in [0, 0.05) is 28.0 Å². The van der Waals surface area contributed by atoms with Gasteiger partial charge in [-0.25, -0.2) is 0 Å². The van der Waals surface area contributed by atoms with Crippen LogP contribution in [-0.4, -0.2) is 20.5 Å². The molecule has 34 heavy (non-hydrogen) atoms. The zero-order chi connectivity index (χ0) is 23.7. The van der Waals surface area contributed by atoms with Crippen molar-refractivity contribution in [1.82, 2.24) is 14.8 Å². The Balaban J connectivity index is 1.40. The molecule has 3 aromatic carbocycles. The highest BCUT2D eigenvalue weighted by Gasteiger charge is 2.19. The van der Waals surface area contributed by atoms with Crippen molar-refractivity contribution in [2.45, 2.75) is 27.4 Å². The maximum atomic E-state index is 12.5. The maximum absolute atomic E-state index is 12.5. The second-order valence-electron chi connectivity index (χ2n) is 8.15. The SMILES string of the molecule is CC(=O)c1c(C)n(-c2ccc(C)cc2)c2ccc(OCc3nnc(Nc4ccccc4)o3)cc12. The standard InChI is InChI=1S/C27H24N4O3/c1-17-9-11-21(12-10-17)31-18(2)26(19(3)32)23-15-22(13-14-24(23)31)33-16-25-29-30-27(34-25)28-20-7-5-4-6-8-20/h4-15H,16H2,1-3H3,(H,28,30). The second-order valence-corrected chi connectivity index (χ2v) is 8.15. The highest BCUT2D eigenvalue weighted by Crippen LogP contribution is 2.32. The number of nitrogens with one attached hydrogen (secondary N) is 1. The summed E-state index contributed by atoms with van der Waals surface area (Å²) in [6, 6.07) is 23.9. The molecule has 0 radical (unpaired) electrons. The quantitative estimate of drug-likeness (QED) is 0.298. The number of Topliss-reactive ketones (excluding diaryl/α,β-unsaturated/α-hetero) is 1. The van der Waals surface area contributed by atoms with Crippen LogP contribution in [0.5, 0.6) is 5.75 Å². The van der Waals surface area contributed by atoms with E-state index < -0.39 is 0 Å². The van der Waals surface area contributed by atoms with Crippen LogP contribution in [-0.2, 0) is 6.61 Å². The van der Waals surface area contributed by atoms with Gasteiger partial charge in [-0.2, -0.15) is 0 Å². The summed E-state index contributed by atoms with van der Waals surface area (Å²) in [6.45, 7) is 5.73. The van der Waals surface area contributed by atoms with E-state index in [0.717, 1.165) is 28.0 Å². The molecule has 2 aromatic heterocycles. The molecule has 170 valence electrons. The van der Waals surface area contributed by atoms with Gasteiger partial charge in [-0.15, -0.1) is 5.10 Å². The van der Waals surface area contributed by atoms with Crippen LogP contribution in [0.3, 0.4) is 0 Å². The van der Waals surface area contributed by atoms with E-state index in [9.17, 15) is 4.79 Å². The lowest BCUT2D eigenvalue weighted by Gasteiger charge is -2.09. The third kappa shape index (κ3) is 4.15. The van der Waals surface area contributed by atoms with Crippen LogP contribution < -0.4 is 10.1 Å². The van der Waals surface area contributed by atoms with Gasteiger partial charge in [0.05, 0.1) is 5.52 Å². The van der Waals surface area contributed by atoms with Gasteiger partial charge in [0.15, 0.2) is 12.4 Å². The molecule has 0 unspecified atom stereocenters. The average molecular weight is 453 g/mol. The summed E-state index contributed by atoms with van der Waals surface area (Å²) in [6.07, 6.45) is 0. The highest BCUT2D eigenvalue weighted by atomic mass is 16.5. The Hall–Kier alpha value is -4.39. The Bertz CT molecular complexity index is 1470. The van der Waals surface area contributed by atoms with Crippen LogP contribution in [0.1, 0.15) is 34.4 Å². The van der Waals surface area contributed by atoms with Gasteiger partial charge in [-0.1, -0.05) is 41.0 Å². The smallest absolute Gasteiger partial charge is 0.320 e. The molecular weight excluding hydrogens is 428 g/mol. The minimum atomic E-state index is 0.0130. The van der Waals surface area contributed by atoms with Crippen molar-refractivity contribution in [2.24, 2.45) is 0 Å². The van der Waals surface area contributed by atoms with E-state index >= 15 is 0 Å². The van der Waals surface area contributed by atoms with Crippen LogP contribution in [0.2, 0.25) is 0 Å². The molecule has 1 N–H and O–H groups in total. The van der Waals surface area contributed by atoms with Crippen molar-refractivity contribution in [3.05, 3.63) is 95.5 Å². The van der Waals surface area contributed by atoms with E-state index in [0.29, 0.717) is 23.2 Å². The summed E-state index contributed by atoms with van der Waals surface area (Å²) in [5.41, 5.74) is 5.59. The van der Waals surface area contributed by atoms with Crippen molar-refractivity contribution in [3.8, 4) is 11.4 Å². The van der Waals surface area contributed by atoms with Gasteiger partial charge < -0.3 is 19.0 Å². The third-order valence-corrected chi connectivity index (χ3v) is 5.67. The molecule has 0 aliphatic carbocycles. The van der Waals surface area contributed by atoms with E-state index in [1.165, 1.54) is 5.56 Å². The summed E-state index contributed by atoms with van der Waals surface area (Å²) < 4.78 is 13.7. The zero-order valence-electron chi connectivity index (χ0n) is 19.2. The first-order valence-corrected chi connectivity index (χ1v) is 11.0. The molecule has 0 saturated carbocycles. The largest absolute Gasteiger partial charge is 0.484 e. The minimum Gasteiger partial charge on any atom is -0.484 e. The number of carbonyl (C=O) groups excluding carboxylic acids is 1. The molecule has 0 fully saturated rings. The molecular formula is C27H24N4O3. The van der Waals surface area contributed by atoms with Crippen molar-refractivity contribution in [3.63, 3.8) is 0 Å². The Morgan fingerprint density at radius 1 is 1.00 bits per heavy atom. The number of anilines is 2. The van der Waals surface area contributed by atoms with E-state index in [1.54, 1.807) is 6.92 Å². The number of hydrogen-bond donors (Lipinski definition) is 1. The van der Waals surface area contributed by atoms with Gasteiger partial charge >= 0.3 is 6.01 Å². The lowest BCUT2D eigenvalue weighted by Crippen LogP contribution is -1.99. The summed E-state index contributed by atoms with van der Waals surface area (Å²) in [5, 5.41) is 12.0. The number of aromatic nitrogens is 3. The molecule has 0 spiro atoms. The number of rotatable bonds is 7. The molecule has 5 aromatic rings. The van der Waals surface area contributed by atoms with Crippen LogP contribution in [0.15, 0.2) is 77.2 Å². The predicted octanol–water partition coefficient (Wildman–Crippen LogP) is 6.16. The van der Waals surface area contributed by atoms with Crippen molar-refractivity contribution < 1.29 is 13.9 Å². The van der Waals surface area contributed by atoms with Crippen molar-refractivity contribution >= 4 is 28.4 Å². The molecule has 0 bridgehead atoms. The monoisotopic (exact) mass is 452 g/mol. The Kier molecular flexibility index (Phi) is 5.59. The second kappa shape index (κ2) is 8.86. The van der Waals surface area contributed by atoms with Crippen molar-refractivity contribution in [2.75, 3.05) is 5.32 Å². The predicted molar refractivity (Wildman–Crippen MR) is 131 cm³/mol. The van der Waals surface area contributed by atoms with Crippen LogP contribution in [0, 0.1) is 13.8 Å². The first kappa shape index (κ1) is 21.5. The minimum absolute atomic E-state index is 0.0130. The molecule has 0 amide bonds. The topological polar surface area (TPSA) is 82.2 Å². The van der Waals surface area contributed by atoms with Crippen LogP contribution in [0.25, 0.3) is 16.6 Å². The molecule has 0 aliphatic heterocycles. The number of nitrogens with zero attached hydrogens (tertiary/aromatic N) is 3. The fourth-order valence-electron chi connectivity index (χ4n) is 4.11. The first-order chi connectivity index (χ1) is 16.5. The summed E-state index contributed by atoms with van der Waals surface area (Å²) in [4.78, 5) is 12.5. The third-order valence-electron chi connectivity index (χ3n) is 5.67. The Morgan fingerprint density at radius 2 is 1.76 bits per heavy atom. The summed E-state index contributed by atoms with van der Waals surface area (Å²) in [5.74, 6) is 0.976. The lowest BCUT2D eigenvalue weighted by atomic mass is 10.1. The Morgan fingerprint density at radius 3 is 2.50 bits per heavy atom. The van der Waals surface area contributed by atoms with Gasteiger partial charge in [0.2, 0.25) is 0 Å². The highest BCUT2D eigenvalue weighted by molar-refractivity contribution is 6.09. The fourth-order valence-corrected chi connectivity index (χ4v) is 4.11. The molecule has 0 atom stereocenters.